The van der Waals surface area contributed by atoms with Crippen LogP contribution in [0.3, 0.4) is 0 Å². The van der Waals surface area contributed by atoms with E-state index in [1.54, 1.807) is 0 Å². The number of hydrogen-bond donors (Lipinski definition) is 1. The van der Waals surface area contributed by atoms with E-state index in [4.69, 9.17) is 0 Å². The zero-order valence-electron chi connectivity index (χ0n) is 10.2. The van der Waals surface area contributed by atoms with E-state index in [-0.39, 0.29) is 5.60 Å². The smallest absolute Gasteiger partial charge is 0.0648 e. The van der Waals surface area contributed by atoms with Crippen molar-refractivity contribution < 1.29 is 5.11 Å². The van der Waals surface area contributed by atoms with Crippen LogP contribution >= 0.6 is 0 Å². The molecule has 1 heteroatoms. The largest absolute Gasteiger partial charge is 0.390 e. The zero-order valence-corrected chi connectivity index (χ0v) is 10.2. The van der Waals surface area contributed by atoms with Gasteiger partial charge in [0.25, 0.3) is 0 Å². The molecular formula is C14H26O. The molecule has 1 nitrogen and oxygen atoms in total. The number of hydrogen-bond acceptors (Lipinski definition) is 1. The molecule has 2 aliphatic rings. The fourth-order valence-electron chi connectivity index (χ4n) is 3.00. The van der Waals surface area contributed by atoms with Crippen molar-refractivity contribution in [1.29, 1.82) is 0 Å². The Bertz CT molecular complexity index is 198. The van der Waals surface area contributed by atoms with Crippen LogP contribution in [0.4, 0.5) is 0 Å². The predicted octanol–water partition coefficient (Wildman–Crippen LogP) is 3.90. The lowest BCUT2D eigenvalue weighted by atomic mass is 9.88. The average molecular weight is 210 g/mol. The summed E-state index contributed by atoms with van der Waals surface area (Å²) in [6, 6.07) is 0. The number of aliphatic hydroxyl groups is 1. The Morgan fingerprint density at radius 3 is 2.53 bits per heavy atom. The highest BCUT2D eigenvalue weighted by molar-refractivity contribution is 4.85. The first kappa shape index (κ1) is 11.4. The Hall–Kier alpha value is -0.0400. The van der Waals surface area contributed by atoms with Crippen molar-refractivity contribution in [2.75, 3.05) is 0 Å². The minimum absolute atomic E-state index is 0.285. The van der Waals surface area contributed by atoms with Crippen molar-refractivity contribution in [1.82, 2.24) is 0 Å². The SMILES string of the molecule is CCC1CCCC(O)(CCC2CC2)CC1. The topological polar surface area (TPSA) is 20.2 Å². The third-order valence-electron chi connectivity index (χ3n) is 4.56. The van der Waals surface area contributed by atoms with E-state index in [2.05, 4.69) is 6.92 Å². The molecule has 0 spiro atoms. The Morgan fingerprint density at radius 2 is 1.87 bits per heavy atom. The van der Waals surface area contributed by atoms with Gasteiger partial charge in [-0.1, -0.05) is 39.0 Å². The Labute approximate surface area is 94.3 Å². The first-order valence-corrected chi connectivity index (χ1v) is 6.94. The summed E-state index contributed by atoms with van der Waals surface area (Å²) in [4.78, 5) is 0. The van der Waals surface area contributed by atoms with Gasteiger partial charge < -0.3 is 5.11 Å². The van der Waals surface area contributed by atoms with Crippen molar-refractivity contribution in [3.8, 4) is 0 Å². The van der Waals surface area contributed by atoms with Crippen LogP contribution in [0.2, 0.25) is 0 Å². The molecule has 1 N–H and O–H groups in total. The molecule has 2 saturated carbocycles. The van der Waals surface area contributed by atoms with Crippen LogP contribution < -0.4 is 0 Å². The van der Waals surface area contributed by atoms with Crippen molar-refractivity contribution in [3.63, 3.8) is 0 Å². The molecule has 0 radical (unpaired) electrons. The van der Waals surface area contributed by atoms with Gasteiger partial charge in [-0.3, -0.25) is 0 Å². The summed E-state index contributed by atoms with van der Waals surface area (Å²) in [5.74, 6) is 1.86. The second-order valence-electron chi connectivity index (χ2n) is 5.91. The quantitative estimate of drug-likeness (QED) is 0.698. The molecule has 0 aromatic heterocycles. The molecule has 0 aromatic rings. The van der Waals surface area contributed by atoms with Gasteiger partial charge in [0, 0.05) is 0 Å². The van der Waals surface area contributed by atoms with Crippen LogP contribution in [-0.4, -0.2) is 10.7 Å². The van der Waals surface area contributed by atoms with Gasteiger partial charge in [0.15, 0.2) is 0 Å². The van der Waals surface area contributed by atoms with Crippen molar-refractivity contribution in [2.45, 2.75) is 76.7 Å². The summed E-state index contributed by atoms with van der Waals surface area (Å²) in [5, 5.41) is 10.5. The molecule has 0 amide bonds. The summed E-state index contributed by atoms with van der Waals surface area (Å²) in [6.45, 7) is 2.29. The maximum atomic E-state index is 10.5. The fraction of sp³-hybridized carbons (Fsp3) is 1.00. The highest BCUT2D eigenvalue weighted by Crippen LogP contribution is 2.40. The van der Waals surface area contributed by atoms with E-state index < -0.39 is 0 Å². The van der Waals surface area contributed by atoms with E-state index in [9.17, 15) is 5.11 Å². The molecule has 0 bridgehead atoms. The summed E-state index contributed by atoms with van der Waals surface area (Å²) in [7, 11) is 0. The first-order valence-electron chi connectivity index (χ1n) is 6.94. The van der Waals surface area contributed by atoms with Crippen molar-refractivity contribution in [2.24, 2.45) is 11.8 Å². The molecule has 2 fully saturated rings. The fourth-order valence-corrected chi connectivity index (χ4v) is 3.00. The number of rotatable bonds is 4. The minimum Gasteiger partial charge on any atom is -0.390 e. The van der Waals surface area contributed by atoms with E-state index in [0.717, 1.165) is 31.1 Å². The molecule has 2 rings (SSSR count). The zero-order chi connectivity index (χ0) is 10.7. The van der Waals surface area contributed by atoms with Gasteiger partial charge in [-0.2, -0.15) is 0 Å². The summed E-state index contributed by atoms with van der Waals surface area (Å²) >= 11 is 0. The lowest BCUT2D eigenvalue weighted by Gasteiger charge is -2.26. The Kier molecular flexibility index (Phi) is 3.71. The molecular weight excluding hydrogens is 184 g/mol. The van der Waals surface area contributed by atoms with E-state index in [0.29, 0.717) is 0 Å². The van der Waals surface area contributed by atoms with E-state index >= 15 is 0 Å². The van der Waals surface area contributed by atoms with Crippen molar-refractivity contribution >= 4 is 0 Å². The molecule has 0 heterocycles. The van der Waals surface area contributed by atoms with E-state index in [1.165, 1.54) is 44.9 Å². The van der Waals surface area contributed by atoms with Crippen LogP contribution in [0.15, 0.2) is 0 Å². The normalized spacial score (nSPS) is 37.6. The van der Waals surface area contributed by atoms with Gasteiger partial charge in [0.1, 0.15) is 0 Å². The molecule has 0 saturated heterocycles. The van der Waals surface area contributed by atoms with Crippen LogP contribution in [0.1, 0.15) is 71.1 Å². The molecule has 2 unspecified atom stereocenters. The van der Waals surface area contributed by atoms with E-state index in [1.807, 2.05) is 0 Å². The van der Waals surface area contributed by atoms with Crippen LogP contribution in [0.25, 0.3) is 0 Å². The van der Waals surface area contributed by atoms with Crippen molar-refractivity contribution in [3.05, 3.63) is 0 Å². The van der Waals surface area contributed by atoms with Crippen LogP contribution in [0.5, 0.6) is 0 Å². The van der Waals surface area contributed by atoms with Gasteiger partial charge in [-0.25, -0.2) is 0 Å². The highest BCUT2D eigenvalue weighted by atomic mass is 16.3. The standard InChI is InChI=1S/C14H26O/c1-2-12-4-3-9-14(15,10-7-12)11-8-13-5-6-13/h12-13,15H,2-11H2,1H3. The third-order valence-corrected chi connectivity index (χ3v) is 4.56. The second kappa shape index (κ2) is 4.86. The maximum absolute atomic E-state index is 10.5. The molecule has 2 aliphatic carbocycles. The van der Waals surface area contributed by atoms with Gasteiger partial charge >= 0.3 is 0 Å². The lowest BCUT2D eigenvalue weighted by molar-refractivity contribution is 0.0122. The Balaban J connectivity index is 1.78. The van der Waals surface area contributed by atoms with Gasteiger partial charge in [-0.15, -0.1) is 0 Å². The first-order chi connectivity index (χ1) is 7.22. The summed E-state index contributed by atoms with van der Waals surface area (Å²) in [5.41, 5.74) is -0.285. The average Bonchev–Trinajstić information content (AvgIpc) is 3.03. The molecule has 88 valence electrons. The summed E-state index contributed by atoms with van der Waals surface area (Å²) < 4.78 is 0. The predicted molar refractivity (Wildman–Crippen MR) is 63.8 cm³/mol. The third kappa shape index (κ3) is 3.48. The molecule has 2 atom stereocenters. The van der Waals surface area contributed by atoms with Crippen LogP contribution in [-0.2, 0) is 0 Å². The monoisotopic (exact) mass is 210 g/mol. The van der Waals surface area contributed by atoms with Gasteiger partial charge in [0.2, 0.25) is 0 Å². The molecule has 0 aromatic carbocycles. The Morgan fingerprint density at radius 1 is 1.07 bits per heavy atom. The molecule has 15 heavy (non-hydrogen) atoms. The van der Waals surface area contributed by atoms with Gasteiger partial charge in [-0.05, 0) is 43.9 Å². The lowest BCUT2D eigenvalue weighted by Crippen LogP contribution is -2.27. The van der Waals surface area contributed by atoms with Crippen LogP contribution in [0, 0.1) is 11.8 Å². The summed E-state index contributed by atoms with van der Waals surface area (Å²) in [6.07, 6.45) is 12.5. The van der Waals surface area contributed by atoms with Gasteiger partial charge in [0.05, 0.1) is 5.60 Å². The maximum Gasteiger partial charge on any atom is 0.0648 e. The highest BCUT2D eigenvalue weighted by Gasteiger charge is 2.32. The second-order valence-corrected chi connectivity index (χ2v) is 5.91. The minimum atomic E-state index is -0.285. The molecule has 0 aliphatic heterocycles.